The van der Waals surface area contributed by atoms with Gasteiger partial charge in [-0.1, -0.05) is 0 Å². The number of aromatic amines is 1. The summed E-state index contributed by atoms with van der Waals surface area (Å²) in [5, 5.41) is 13.4. The van der Waals surface area contributed by atoms with Crippen molar-refractivity contribution in [3.63, 3.8) is 0 Å². The van der Waals surface area contributed by atoms with Crippen LogP contribution >= 0.6 is 0 Å². The average Bonchev–Trinajstić information content (AvgIpc) is 2.16. The first kappa shape index (κ1) is 11.6. The Balaban J connectivity index is 3.17. The van der Waals surface area contributed by atoms with Crippen molar-refractivity contribution < 1.29 is 9.90 Å². The van der Waals surface area contributed by atoms with E-state index >= 15 is 0 Å². The number of H-pyrrole nitrogens is 1. The number of nitrogens with one attached hydrogen (secondary N) is 2. The van der Waals surface area contributed by atoms with E-state index in [4.69, 9.17) is 10.8 Å². The molecular weight excluding hydrogens is 218 g/mol. The second-order valence-corrected chi connectivity index (χ2v) is 2.94. The summed E-state index contributed by atoms with van der Waals surface area (Å²) < 4.78 is 0. The molecule has 0 aliphatic carbocycles. The predicted octanol–water partition coefficient (Wildman–Crippen LogP) is -0.365. The maximum Gasteiger partial charge on any atom is 0.325 e. The lowest BCUT2D eigenvalue weighted by Crippen LogP contribution is -2.27. The number of nitrogen functional groups attached to an aromatic ring is 1. The number of rotatable bonds is 4. The van der Waals surface area contributed by atoms with E-state index in [2.05, 4.69) is 20.5 Å². The highest BCUT2D eigenvalue weighted by molar-refractivity contribution is 5.78. The summed E-state index contributed by atoms with van der Waals surface area (Å²) in [4.78, 5) is 37.8. The van der Waals surface area contributed by atoms with Gasteiger partial charge in [0, 0.05) is 0 Å². The maximum atomic E-state index is 11.2. The van der Waals surface area contributed by atoms with Crippen LogP contribution in [0.5, 0.6) is 0 Å². The van der Waals surface area contributed by atoms with E-state index in [1.54, 1.807) is 0 Å². The second kappa shape index (κ2) is 4.38. The summed E-state index contributed by atoms with van der Waals surface area (Å²) >= 11 is 0. The number of hydrogen-bond donors (Lipinski definition) is 4. The molecule has 0 saturated heterocycles. The summed E-state index contributed by atoms with van der Waals surface area (Å²) in [6, 6.07) is -1.03. The van der Waals surface area contributed by atoms with Crippen LogP contribution in [0.3, 0.4) is 0 Å². The molecular formula is C7H9N5O4. The van der Waals surface area contributed by atoms with E-state index in [-0.39, 0.29) is 11.8 Å². The number of hydrogen-bond acceptors (Lipinski definition) is 7. The highest BCUT2D eigenvalue weighted by Gasteiger charge is 2.17. The van der Waals surface area contributed by atoms with Gasteiger partial charge in [0.05, 0.1) is 0 Å². The van der Waals surface area contributed by atoms with Crippen molar-refractivity contribution in [2.45, 2.75) is 13.0 Å². The van der Waals surface area contributed by atoms with Gasteiger partial charge in [-0.05, 0) is 12.1 Å². The Kier molecular flexibility index (Phi) is 3.18. The van der Waals surface area contributed by atoms with E-state index in [0.717, 1.165) is 0 Å². The third-order valence-electron chi connectivity index (χ3n) is 1.73. The van der Waals surface area contributed by atoms with Crippen molar-refractivity contribution >= 4 is 23.4 Å². The number of aromatic nitrogens is 2. The molecule has 86 valence electrons. The SMILES string of the molecule is C[C@H](Nc1nc(N)[nH]c(=O)c1N=O)C(=O)O. The molecule has 0 aliphatic rings. The second-order valence-electron chi connectivity index (χ2n) is 2.94. The molecule has 1 atom stereocenters. The smallest absolute Gasteiger partial charge is 0.325 e. The highest BCUT2D eigenvalue weighted by Crippen LogP contribution is 2.18. The van der Waals surface area contributed by atoms with Crippen LogP contribution in [0.4, 0.5) is 17.5 Å². The summed E-state index contributed by atoms with van der Waals surface area (Å²) in [6.45, 7) is 1.32. The monoisotopic (exact) mass is 227 g/mol. The van der Waals surface area contributed by atoms with Gasteiger partial charge in [0.1, 0.15) is 6.04 Å². The number of nitroso groups, excluding NO2 is 1. The molecule has 0 bridgehead atoms. The Hall–Kier alpha value is -2.45. The first-order valence-electron chi connectivity index (χ1n) is 4.18. The van der Waals surface area contributed by atoms with Gasteiger partial charge < -0.3 is 16.2 Å². The molecule has 0 amide bonds. The largest absolute Gasteiger partial charge is 0.480 e. The van der Waals surface area contributed by atoms with Crippen LogP contribution < -0.4 is 16.6 Å². The summed E-state index contributed by atoms with van der Waals surface area (Å²) in [7, 11) is 0. The standard InChI is InChI=1S/C7H9N5O4/c1-2(6(14)15)9-4-3(12-16)5(13)11-7(8)10-4/h2H,1H3,(H,14,15)(H4,8,9,10,11,13)/t2-/m0/s1. The fourth-order valence-corrected chi connectivity index (χ4v) is 0.937. The van der Waals surface area contributed by atoms with Crippen LogP contribution in [-0.4, -0.2) is 27.1 Å². The Morgan fingerprint density at radius 3 is 2.81 bits per heavy atom. The summed E-state index contributed by atoms with van der Waals surface area (Å²) in [5.41, 5.74) is 3.87. The zero-order chi connectivity index (χ0) is 12.3. The van der Waals surface area contributed by atoms with E-state index in [1.165, 1.54) is 6.92 Å². The minimum absolute atomic E-state index is 0.238. The molecule has 0 fully saturated rings. The van der Waals surface area contributed by atoms with Crippen LogP contribution in [0.15, 0.2) is 9.97 Å². The Morgan fingerprint density at radius 1 is 1.69 bits per heavy atom. The third kappa shape index (κ3) is 2.32. The highest BCUT2D eigenvalue weighted by atomic mass is 16.4. The molecule has 1 aromatic rings. The number of aliphatic carboxylic acids is 1. The minimum atomic E-state index is -1.17. The van der Waals surface area contributed by atoms with Crippen LogP contribution in [0.1, 0.15) is 6.92 Å². The Bertz CT molecular complexity index is 482. The summed E-state index contributed by atoms with van der Waals surface area (Å²) in [5.74, 6) is -1.67. The lowest BCUT2D eigenvalue weighted by molar-refractivity contribution is -0.137. The number of carboxylic acid groups (broad SMARTS) is 1. The van der Waals surface area contributed by atoms with Gasteiger partial charge in [-0.25, -0.2) is 0 Å². The molecule has 0 aliphatic heterocycles. The van der Waals surface area contributed by atoms with Gasteiger partial charge in [-0.15, -0.1) is 4.91 Å². The van der Waals surface area contributed by atoms with Gasteiger partial charge in [0.2, 0.25) is 11.6 Å². The molecule has 0 spiro atoms. The van der Waals surface area contributed by atoms with E-state index in [1.807, 2.05) is 0 Å². The Labute approximate surface area is 88.7 Å². The minimum Gasteiger partial charge on any atom is -0.480 e. The molecule has 16 heavy (non-hydrogen) atoms. The van der Waals surface area contributed by atoms with Crippen LogP contribution in [0.25, 0.3) is 0 Å². The molecule has 9 heteroatoms. The molecule has 1 heterocycles. The van der Waals surface area contributed by atoms with Crippen molar-refractivity contribution in [2.75, 3.05) is 11.1 Å². The molecule has 0 aromatic carbocycles. The lowest BCUT2D eigenvalue weighted by Gasteiger charge is -2.10. The number of carbonyl (C=O) groups is 1. The van der Waals surface area contributed by atoms with Gasteiger partial charge in [-0.2, -0.15) is 4.98 Å². The zero-order valence-corrected chi connectivity index (χ0v) is 8.22. The topological polar surface area (TPSA) is 151 Å². The summed E-state index contributed by atoms with van der Waals surface area (Å²) in [6.07, 6.45) is 0. The molecule has 5 N–H and O–H groups in total. The van der Waals surface area contributed by atoms with Gasteiger partial charge in [0.25, 0.3) is 5.56 Å². The van der Waals surface area contributed by atoms with E-state index < -0.39 is 23.3 Å². The first-order chi connectivity index (χ1) is 7.45. The fourth-order valence-electron chi connectivity index (χ4n) is 0.937. The molecule has 1 aromatic heterocycles. The normalized spacial score (nSPS) is 11.8. The van der Waals surface area contributed by atoms with Crippen molar-refractivity contribution in [1.82, 2.24) is 9.97 Å². The lowest BCUT2D eigenvalue weighted by atomic mass is 10.3. The van der Waals surface area contributed by atoms with Crippen LogP contribution in [0, 0.1) is 4.91 Å². The number of nitrogens with zero attached hydrogens (tertiary/aromatic N) is 2. The van der Waals surface area contributed by atoms with Crippen molar-refractivity contribution in [1.29, 1.82) is 0 Å². The van der Waals surface area contributed by atoms with E-state index in [0.29, 0.717) is 0 Å². The van der Waals surface area contributed by atoms with Crippen molar-refractivity contribution in [3.05, 3.63) is 15.3 Å². The average molecular weight is 227 g/mol. The van der Waals surface area contributed by atoms with Gasteiger partial charge >= 0.3 is 5.97 Å². The maximum absolute atomic E-state index is 11.2. The quantitative estimate of drug-likeness (QED) is 0.512. The van der Waals surface area contributed by atoms with Gasteiger partial charge in [-0.3, -0.25) is 14.6 Å². The predicted molar refractivity (Wildman–Crippen MR) is 55.4 cm³/mol. The van der Waals surface area contributed by atoms with E-state index in [9.17, 15) is 14.5 Å². The molecule has 0 radical (unpaired) electrons. The van der Waals surface area contributed by atoms with Gasteiger partial charge in [0.15, 0.2) is 5.82 Å². The number of nitrogens with two attached hydrogens (primary N) is 1. The third-order valence-corrected chi connectivity index (χ3v) is 1.73. The number of anilines is 2. The molecule has 0 saturated carbocycles. The van der Waals surface area contributed by atoms with Crippen LogP contribution in [0.2, 0.25) is 0 Å². The van der Waals surface area contributed by atoms with Crippen LogP contribution in [-0.2, 0) is 4.79 Å². The molecule has 9 nitrogen and oxygen atoms in total. The fraction of sp³-hybridized carbons (Fsp3) is 0.286. The zero-order valence-electron chi connectivity index (χ0n) is 8.22. The molecule has 0 unspecified atom stereocenters. The number of carboxylic acids is 1. The molecule has 1 rings (SSSR count). The van der Waals surface area contributed by atoms with Crippen molar-refractivity contribution in [2.24, 2.45) is 5.18 Å². The Morgan fingerprint density at radius 2 is 2.31 bits per heavy atom. The first-order valence-corrected chi connectivity index (χ1v) is 4.18. The van der Waals surface area contributed by atoms with Crippen molar-refractivity contribution in [3.8, 4) is 0 Å².